The smallest absolute Gasteiger partial charge is 0.172 e. The first-order valence-corrected chi connectivity index (χ1v) is 6.16. The molecule has 0 aliphatic heterocycles. The molecule has 0 radical (unpaired) electrons. The maximum atomic E-state index is 9.14. The van der Waals surface area contributed by atoms with Crippen LogP contribution in [0.2, 0.25) is 5.15 Å². The second-order valence-electron chi connectivity index (χ2n) is 4.20. The van der Waals surface area contributed by atoms with Crippen molar-refractivity contribution < 1.29 is 0 Å². The highest BCUT2D eigenvalue weighted by Gasteiger charge is 2.15. The van der Waals surface area contributed by atoms with Crippen LogP contribution < -0.4 is 4.90 Å². The zero-order chi connectivity index (χ0) is 14.0. The predicted octanol–water partition coefficient (Wildman–Crippen LogP) is 3.39. The number of hydrogen-bond acceptors (Lipinski definition) is 4. The lowest BCUT2D eigenvalue weighted by Gasteiger charge is -2.20. The summed E-state index contributed by atoms with van der Waals surface area (Å²) in [6, 6.07) is 9.46. The molecule has 0 bridgehead atoms. The molecule has 2 aromatic rings. The van der Waals surface area contributed by atoms with Gasteiger partial charge in [0, 0.05) is 7.05 Å². The summed E-state index contributed by atoms with van der Waals surface area (Å²) in [7, 11) is 1.82. The minimum atomic E-state index is 0.332. The fourth-order valence-corrected chi connectivity index (χ4v) is 2.05. The van der Waals surface area contributed by atoms with Crippen molar-refractivity contribution in [3.05, 3.63) is 46.4 Å². The Morgan fingerprint density at radius 2 is 1.79 bits per heavy atom. The summed E-state index contributed by atoms with van der Waals surface area (Å²) in [6.45, 7) is 3.74. The molecular weight excluding hydrogens is 260 g/mol. The number of aryl methyl sites for hydroxylation is 2. The molecule has 1 aromatic heterocycles. The van der Waals surface area contributed by atoms with E-state index in [4.69, 9.17) is 16.9 Å². The molecule has 0 unspecified atom stereocenters. The van der Waals surface area contributed by atoms with Gasteiger partial charge in [-0.25, -0.2) is 9.97 Å². The van der Waals surface area contributed by atoms with E-state index in [-0.39, 0.29) is 0 Å². The Morgan fingerprint density at radius 1 is 1.16 bits per heavy atom. The Kier molecular flexibility index (Phi) is 3.68. The molecule has 1 aromatic carbocycles. The van der Waals surface area contributed by atoms with Crippen LogP contribution in [0.25, 0.3) is 0 Å². The van der Waals surface area contributed by atoms with Crippen LogP contribution in [0.3, 0.4) is 0 Å². The fraction of sp³-hybridized carbons (Fsp3) is 0.214. The minimum Gasteiger partial charge on any atom is -0.326 e. The van der Waals surface area contributed by atoms with Gasteiger partial charge in [-0.05, 0) is 26.0 Å². The van der Waals surface area contributed by atoms with E-state index in [2.05, 4.69) is 16.0 Å². The number of hydrogen-bond donors (Lipinski definition) is 0. The quantitative estimate of drug-likeness (QED) is 0.841. The molecule has 0 amide bonds. The van der Waals surface area contributed by atoms with Gasteiger partial charge in [0.1, 0.15) is 6.07 Å². The summed E-state index contributed by atoms with van der Waals surface area (Å²) in [4.78, 5) is 10.5. The van der Waals surface area contributed by atoms with E-state index in [9.17, 15) is 0 Å². The van der Waals surface area contributed by atoms with Crippen molar-refractivity contribution in [2.45, 2.75) is 13.8 Å². The zero-order valence-corrected chi connectivity index (χ0v) is 11.7. The maximum Gasteiger partial charge on any atom is 0.172 e. The first kappa shape index (κ1) is 13.3. The van der Waals surface area contributed by atoms with Crippen LogP contribution >= 0.6 is 11.6 Å². The molecule has 0 aliphatic rings. The molecule has 96 valence electrons. The Balaban J connectivity index is 2.54. The lowest BCUT2D eigenvalue weighted by atomic mass is 10.2. The highest BCUT2D eigenvalue weighted by molar-refractivity contribution is 6.31. The normalized spacial score (nSPS) is 10.1. The summed E-state index contributed by atoms with van der Waals surface area (Å²) in [6.07, 6.45) is 0. The molecule has 0 saturated carbocycles. The van der Waals surface area contributed by atoms with Gasteiger partial charge in [0.25, 0.3) is 0 Å². The number of anilines is 2. The van der Waals surface area contributed by atoms with Crippen molar-refractivity contribution in [3.8, 4) is 6.07 Å². The number of halogens is 1. The fourth-order valence-electron chi connectivity index (χ4n) is 1.75. The van der Waals surface area contributed by atoms with Gasteiger partial charge in [0.05, 0.1) is 22.6 Å². The van der Waals surface area contributed by atoms with Crippen LogP contribution in [0, 0.1) is 25.2 Å². The van der Waals surface area contributed by atoms with Gasteiger partial charge in [0.2, 0.25) is 0 Å². The lowest BCUT2D eigenvalue weighted by Crippen LogP contribution is -2.15. The van der Waals surface area contributed by atoms with E-state index in [0.717, 1.165) is 17.1 Å². The third-order valence-electron chi connectivity index (χ3n) is 2.95. The van der Waals surface area contributed by atoms with Crippen molar-refractivity contribution in [3.63, 3.8) is 0 Å². The molecule has 0 spiro atoms. The molecule has 0 aliphatic carbocycles. The Hall–Kier alpha value is -2.12. The monoisotopic (exact) mass is 272 g/mol. The van der Waals surface area contributed by atoms with Gasteiger partial charge in [-0.15, -0.1) is 0 Å². The number of aromatic nitrogens is 2. The van der Waals surface area contributed by atoms with E-state index >= 15 is 0 Å². The van der Waals surface area contributed by atoms with E-state index < -0.39 is 0 Å². The van der Waals surface area contributed by atoms with Gasteiger partial charge >= 0.3 is 0 Å². The van der Waals surface area contributed by atoms with Crippen LogP contribution in [0.15, 0.2) is 24.3 Å². The third kappa shape index (κ3) is 2.51. The van der Waals surface area contributed by atoms with E-state index in [1.54, 1.807) is 11.0 Å². The largest absolute Gasteiger partial charge is 0.326 e. The molecular formula is C14H13ClN4. The molecule has 1 heterocycles. The first-order valence-electron chi connectivity index (χ1n) is 5.78. The van der Waals surface area contributed by atoms with E-state index in [0.29, 0.717) is 16.5 Å². The summed E-state index contributed by atoms with van der Waals surface area (Å²) in [5.41, 5.74) is 2.95. The Labute approximate surface area is 117 Å². The first-order chi connectivity index (χ1) is 9.04. The second-order valence-corrected chi connectivity index (χ2v) is 4.55. The molecule has 19 heavy (non-hydrogen) atoms. The molecule has 0 atom stereocenters. The van der Waals surface area contributed by atoms with Crippen LogP contribution in [0.1, 0.15) is 17.0 Å². The van der Waals surface area contributed by atoms with Gasteiger partial charge in [-0.2, -0.15) is 5.26 Å². The van der Waals surface area contributed by atoms with Crippen LogP contribution in [0.4, 0.5) is 11.5 Å². The molecule has 5 heteroatoms. The maximum absolute atomic E-state index is 9.14. The van der Waals surface area contributed by atoms with E-state index in [1.807, 2.05) is 39.1 Å². The highest BCUT2D eigenvalue weighted by atomic mass is 35.5. The van der Waals surface area contributed by atoms with Gasteiger partial charge < -0.3 is 4.90 Å². The second kappa shape index (κ2) is 5.25. The standard InChI is InChI=1S/C14H13ClN4/c1-9-10(2)18-14(13(15)17-9)19(3)12-7-5-4-6-11(12)8-16/h4-7H,1-3H3. The van der Waals surface area contributed by atoms with Gasteiger partial charge in [-0.3, -0.25) is 0 Å². The van der Waals surface area contributed by atoms with E-state index in [1.165, 1.54) is 0 Å². The minimum absolute atomic E-state index is 0.332. The van der Waals surface area contributed by atoms with Crippen molar-refractivity contribution in [1.82, 2.24) is 9.97 Å². The number of para-hydroxylation sites is 1. The van der Waals surface area contributed by atoms with Crippen molar-refractivity contribution in [1.29, 1.82) is 5.26 Å². The molecule has 2 rings (SSSR count). The topological polar surface area (TPSA) is 52.8 Å². The zero-order valence-electron chi connectivity index (χ0n) is 11.0. The van der Waals surface area contributed by atoms with Crippen LogP contribution in [-0.2, 0) is 0 Å². The average molecular weight is 273 g/mol. The average Bonchev–Trinajstić information content (AvgIpc) is 2.42. The molecule has 0 fully saturated rings. The molecule has 4 nitrogen and oxygen atoms in total. The van der Waals surface area contributed by atoms with Crippen molar-refractivity contribution >= 4 is 23.1 Å². The lowest BCUT2D eigenvalue weighted by molar-refractivity contribution is 1.01. The van der Waals surface area contributed by atoms with Gasteiger partial charge in [-0.1, -0.05) is 23.7 Å². The molecule has 0 saturated heterocycles. The Morgan fingerprint density at radius 3 is 2.47 bits per heavy atom. The number of rotatable bonds is 2. The third-order valence-corrected chi connectivity index (χ3v) is 3.20. The summed E-state index contributed by atoms with van der Waals surface area (Å²) in [5, 5.41) is 9.47. The van der Waals surface area contributed by atoms with Crippen LogP contribution in [-0.4, -0.2) is 17.0 Å². The SMILES string of the molecule is Cc1nc(Cl)c(N(C)c2ccccc2C#N)nc1C. The van der Waals surface area contributed by atoms with Crippen molar-refractivity contribution in [2.75, 3.05) is 11.9 Å². The summed E-state index contributed by atoms with van der Waals surface area (Å²) < 4.78 is 0. The number of nitriles is 1. The highest BCUT2D eigenvalue weighted by Crippen LogP contribution is 2.30. The number of nitrogens with zero attached hydrogens (tertiary/aromatic N) is 4. The van der Waals surface area contributed by atoms with Crippen molar-refractivity contribution in [2.24, 2.45) is 0 Å². The number of benzene rings is 1. The molecule has 0 N–H and O–H groups in total. The predicted molar refractivity (Wildman–Crippen MR) is 75.7 cm³/mol. The summed E-state index contributed by atoms with van der Waals surface area (Å²) >= 11 is 6.14. The van der Waals surface area contributed by atoms with Gasteiger partial charge in [0.15, 0.2) is 11.0 Å². The Bertz CT molecular complexity index is 661. The summed E-state index contributed by atoms with van der Waals surface area (Å²) in [5.74, 6) is 0.549. The van der Waals surface area contributed by atoms with Crippen LogP contribution in [0.5, 0.6) is 0 Å².